The lowest BCUT2D eigenvalue weighted by Gasteiger charge is -2.30. The zero-order chi connectivity index (χ0) is 13.9. The van der Waals surface area contributed by atoms with Gasteiger partial charge in [-0.15, -0.1) is 0 Å². The zero-order valence-electron chi connectivity index (χ0n) is 12.7. The second kappa shape index (κ2) is 5.91. The van der Waals surface area contributed by atoms with Gasteiger partial charge in [-0.2, -0.15) is 0 Å². The molecule has 1 N–H and O–H groups in total. The first-order chi connectivity index (χ1) is 9.12. The van der Waals surface area contributed by atoms with Crippen molar-refractivity contribution in [3.8, 4) is 5.75 Å². The minimum Gasteiger partial charge on any atom is -0.496 e. The molecule has 0 amide bonds. The zero-order valence-corrected chi connectivity index (χ0v) is 12.7. The summed E-state index contributed by atoms with van der Waals surface area (Å²) >= 11 is 0. The molecule has 0 saturated carbocycles. The minimum absolute atomic E-state index is 0.257. The summed E-state index contributed by atoms with van der Waals surface area (Å²) in [5, 5.41) is 3.72. The molecule has 1 aliphatic rings. The first-order valence-corrected chi connectivity index (χ1v) is 7.36. The van der Waals surface area contributed by atoms with Gasteiger partial charge in [-0.05, 0) is 39.7 Å². The molecule has 2 heterocycles. The molecule has 1 fully saturated rings. The lowest BCUT2D eigenvalue weighted by molar-refractivity contribution is 0.336. The Morgan fingerprint density at radius 3 is 2.79 bits per heavy atom. The fraction of sp³-hybridized carbons (Fsp3) is 0.688. The molecule has 1 atom stereocenters. The molecule has 1 aromatic heterocycles. The summed E-state index contributed by atoms with van der Waals surface area (Å²) in [5.74, 6) is 0.995. The summed E-state index contributed by atoms with van der Waals surface area (Å²) in [5.41, 5.74) is 3.76. The number of aryl methyl sites for hydroxylation is 1. The number of nitrogens with one attached hydrogen (secondary N) is 1. The lowest BCUT2D eigenvalue weighted by atomic mass is 9.85. The Labute approximate surface area is 116 Å². The summed E-state index contributed by atoms with van der Waals surface area (Å²) in [6, 6.07) is 0. The van der Waals surface area contributed by atoms with Crippen LogP contribution >= 0.6 is 0 Å². The van der Waals surface area contributed by atoms with E-state index in [9.17, 15) is 0 Å². The van der Waals surface area contributed by atoms with Gasteiger partial charge < -0.3 is 10.1 Å². The van der Waals surface area contributed by atoms with Crippen molar-refractivity contribution in [2.24, 2.45) is 0 Å². The van der Waals surface area contributed by atoms with E-state index in [2.05, 4.69) is 31.1 Å². The van der Waals surface area contributed by atoms with E-state index in [-0.39, 0.29) is 5.54 Å². The van der Waals surface area contributed by atoms with E-state index in [1.807, 2.05) is 6.20 Å². The molecule has 1 unspecified atom stereocenters. The van der Waals surface area contributed by atoms with Gasteiger partial charge in [-0.1, -0.05) is 13.3 Å². The van der Waals surface area contributed by atoms with Gasteiger partial charge in [0.05, 0.1) is 7.11 Å². The van der Waals surface area contributed by atoms with Gasteiger partial charge in [0.1, 0.15) is 5.75 Å². The van der Waals surface area contributed by atoms with E-state index < -0.39 is 0 Å². The first-order valence-electron chi connectivity index (χ1n) is 7.36. The molecule has 0 radical (unpaired) electrons. The molecular formula is C16H26N2O. The van der Waals surface area contributed by atoms with Gasteiger partial charge in [-0.25, -0.2) is 0 Å². The maximum atomic E-state index is 5.51. The third kappa shape index (κ3) is 2.92. The van der Waals surface area contributed by atoms with Crippen LogP contribution in [-0.4, -0.2) is 24.2 Å². The first kappa shape index (κ1) is 14.3. The highest BCUT2D eigenvalue weighted by Gasteiger charge is 2.33. The Kier molecular flexibility index (Phi) is 4.46. The number of nitrogens with zero attached hydrogens (tertiary/aromatic N) is 1. The van der Waals surface area contributed by atoms with Gasteiger partial charge in [-0.3, -0.25) is 4.98 Å². The Bertz CT molecular complexity index is 437. The average molecular weight is 262 g/mol. The number of methoxy groups -OCH3 is 1. The highest BCUT2D eigenvalue weighted by molar-refractivity contribution is 5.41. The molecule has 1 saturated heterocycles. The van der Waals surface area contributed by atoms with Gasteiger partial charge >= 0.3 is 0 Å². The third-order valence-corrected chi connectivity index (χ3v) is 4.32. The molecule has 0 aromatic carbocycles. The van der Waals surface area contributed by atoms with E-state index in [1.165, 1.54) is 36.9 Å². The molecular weight excluding hydrogens is 236 g/mol. The number of hydrogen-bond donors (Lipinski definition) is 1. The fourth-order valence-corrected chi connectivity index (χ4v) is 3.37. The van der Waals surface area contributed by atoms with E-state index in [0.717, 1.165) is 24.3 Å². The van der Waals surface area contributed by atoms with Crippen molar-refractivity contribution in [1.82, 2.24) is 10.3 Å². The van der Waals surface area contributed by atoms with Crippen LogP contribution in [0.3, 0.4) is 0 Å². The van der Waals surface area contributed by atoms with Crippen LogP contribution < -0.4 is 10.1 Å². The van der Waals surface area contributed by atoms with Crippen molar-refractivity contribution in [3.05, 3.63) is 23.0 Å². The van der Waals surface area contributed by atoms with Crippen molar-refractivity contribution in [2.45, 2.75) is 58.4 Å². The van der Waals surface area contributed by atoms with Gasteiger partial charge in [0.15, 0.2) is 0 Å². The van der Waals surface area contributed by atoms with Crippen molar-refractivity contribution < 1.29 is 4.74 Å². The number of ether oxygens (including phenoxy) is 1. The maximum absolute atomic E-state index is 5.51. The topological polar surface area (TPSA) is 34.1 Å². The molecule has 3 nitrogen and oxygen atoms in total. The van der Waals surface area contributed by atoms with E-state index >= 15 is 0 Å². The molecule has 0 bridgehead atoms. The lowest BCUT2D eigenvalue weighted by Crippen LogP contribution is -2.42. The standard InChI is InChI=1S/C16H26N2O/c1-5-7-16(8-6-9-18-16)10-14-13(3)15(19-4)12(2)11-17-14/h11,18H,5-10H2,1-4H3. The molecule has 2 rings (SSSR count). The monoisotopic (exact) mass is 262 g/mol. The van der Waals surface area contributed by atoms with Crippen LogP contribution in [0.25, 0.3) is 0 Å². The molecule has 19 heavy (non-hydrogen) atoms. The van der Waals surface area contributed by atoms with Crippen molar-refractivity contribution >= 4 is 0 Å². The number of hydrogen-bond acceptors (Lipinski definition) is 3. The van der Waals surface area contributed by atoms with E-state index in [4.69, 9.17) is 4.74 Å². The molecule has 1 aromatic rings. The Hall–Kier alpha value is -1.09. The average Bonchev–Trinajstić information content (AvgIpc) is 2.83. The molecule has 1 aliphatic heterocycles. The quantitative estimate of drug-likeness (QED) is 0.885. The maximum Gasteiger partial charge on any atom is 0.128 e. The van der Waals surface area contributed by atoms with Crippen molar-refractivity contribution in [3.63, 3.8) is 0 Å². The van der Waals surface area contributed by atoms with Crippen LogP contribution in [0.5, 0.6) is 5.75 Å². The largest absolute Gasteiger partial charge is 0.496 e. The molecule has 0 spiro atoms. The van der Waals surface area contributed by atoms with Crippen LogP contribution in [0.2, 0.25) is 0 Å². The normalized spacial score (nSPS) is 22.7. The summed E-state index contributed by atoms with van der Waals surface area (Å²) in [6.45, 7) is 7.58. The highest BCUT2D eigenvalue weighted by atomic mass is 16.5. The Morgan fingerprint density at radius 2 is 2.21 bits per heavy atom. The molecule has 106 valence electrons. The second-order valence-corrected chi connectivity index (χ2v) is 5.78. The van der Waals surface area contributed by atoms with Gasteiger partial charge in [0.25, 0.3) is 0 Å². The van der Waals surface area contributed by atoms with Crippen molar-refractivity contribution in [2.75, 3.05) is 13.7 Å². The second-order valence-electron chi connectivity index (χ2n) is 5.78. The van der Waals surface area contributed by atoms with Crippen LogP contribution in [0.15, 0.2) is 6.20 Å². The number of aromatic nitrogens is 1. The van der Waals surface area contributed by atoms with E-state index in [1.54, 1.807) is 7.11 Å². The fourth-order valence-electron chi connectivity index (χ4n) is 3.37. The summed E-state index contributed by atoms with van der Waals surface area (Å²) in [4.78, 5) is 4.66. The number of pyridine rings is 1. The van der Waals surface area contributed by atoms with Crippen LogP contribution in [0.1, 0.15) is 49.4 Å². The predicted octanol–water partition coefficient (Wildman–Crippen LogP) is 3.17. The van der Waals surface area contributed by atoms with Crippen LogP contribution in [0.4, 0.5) is 0 Å². The third-order valence-electron chi connectivity index (χ3n) is 4.32. The van der Waals surface area contributed by atoms with Crippen LogP contribution in [-0.2, 0) is 6.42 Å². The summed E-state index contributed by atoms with van der Waals surface area (Å²) in [7, 11) is 1.74. The Balaban J connectivity index is 2.27. The minimum atomic E-state index is 0.257. The van der Waals surface area contributed by atoms with Crippen molar-refractivity contribution in [1.29, 1.82) is 0 Å². The smallest absolute Gasteiger partial charge is 0.128 e. The summed E-state index contributed by atoms with van der Waals surface area (Å²) in [6.07, 6.45) is 7.94. The number of rotatable bonds is 5. The Morgan fingerprint density at radius 1 is 1.42 bits per heavy atom. The van der Waals surface area contributed by atoms with Gasteiger partial charge in [0.2, 0.25) is 0 Å². The SMILES string of the molecule is CCCC1(Cc2ncc(C)c(OC)c2C)CCCN1. The molecule has 3 heteroatoms. The van der Waals surface area contributed by atoms with Crippen LogP contribution in [0, 0.1) is 13.8 Å². The highest BCUT2D eigenvalue weighted by Crippen LogP contribution is 2.32. The summed E-state index contributed by atoms with van der Waals surface area (Å²) < 4.78 is 5.51. The van der Waals surface area contributed by atoms with Gasteiger partial charge in [0, 0.05) is 35.0 Å². The predicted molar refractivity (Wildman–Crippen MR) is 78.8 cm³/mol. The van der Waals surface area contributed by atoms with E-state index in [0.29, 0.717) is 0 Å². The molecule has 0 aliphatic carbocycles.